The second-order valence-corrected chi connectivity index (χ2v) is 4.28. The number of hydrogen-bond donors (Lipinski definition) is 0. The molecule has 88 valence electrons. The predicted molar refractivity (Wildman–Crippen MR) is 70.4 cm³/mol. The maximum absolute atomic E-state index is 11.6. The third kappa shape index (κ3) is 1.45. The fourth-order valence-electron chi connectivity index (χ4n) is 2.01. The Balaban J connectivity index is 2.61. The van der Waals surface area contributed by atoms with Crippen molar-refractivity contribution < 1.29 is 9.21 Å². The van der Waals surface area contributed by atoms with E-state index in [9.17, 15) is 9.59 Å². The lowest BCUT2D eigenvalue weighted by Crippen LogP contribution is -2.07. The Hall–Kier alpha value is -2.13. The maximum atomic E-state index is 11.6. The Kier molecular flexibility index (Phi) is 2.42. The highest BCUT2D eigenvalue weighted by Gasteiger charge is 2.13. The molecule has 0 spiro atoms. The van der Waals surface area contributed by atoms with Gasteiger partial charge < -0.3 is 4.42 Å². The minimum Gasteiger partial charge on any atom is -0.421 e. The molecule has 3 rings (SSSR count). The molecule has 0 radical (unpaired) electrons. The SMILES string of the molecule is O=Cc1c(Cl)c2ccc3ccccc3c2oc1=O. The molecule has 3 nitrogen and oxygen atoms in total. The van der Waals surface area contributed by atoms with Gasteiger partial charge in [0.2, 0.25) is 0 Å². The van der Waals surface area contributed by atoms with Crippen LogP contribution >= 0.6 is 11.6 Å². The molecule has 0 saturated carbocycles. The second-order valence-electron chi connectivity index (χ2n) is 3.90. The third-order valence-corrected chi connectivity index (χ3v) is 3.29. The molecule has 0 aliphatic rings. The summed E-state index contributed by atoms with van der Waals surface area (Å²) in [5.74, 6) is 0. The Labute approximate surface area is 107 Å². The number of benzene rings is 2. The Morgan fingerprint density at radius 1 is 1.06 bits per heavy atom. The van der Waals surface area contributed by atoms with E-state index in [-0.39, 0.29) is 10.6 Å². The summed E-state index contributed by atoms with van der Waals surface area (Å²) in [5.41, 5.74) is -0.438. The van der Waals surface area contributed by atoms with Crippen molar-refractivity contribution >= 4 is 39.6 Å². The molecule has 1 heterocycles. The van der Waals surface area contributed by atoms with Crippen LogP contribution in [0, 0.1) is 0 Å². The summed E-state index contributed by atoms with van der Waals surface area (Å²) >= 11 is 6.06. The molecule has 0 atom stereocenters. The average Bonchev–Trinajstić information content (AvgIpc) is 2.39. The zero-order valence-electron chi connectivity index (χ0n) is 9.14. The molecule has 0 bridgehead atoms. The first-order valence-electron chi connectivity index (χ1n) is 5.31. The van der Waals surface area contributed by atoms with E-state index in [2.05, 4.69) is 0 Å². The summed E-state index contributed by atoms with van der Waals surface area (Å²) in [6, 6.07) is 11.1. The van der Waals surface area contributed by atoms with Gasteiger partial charge in [0, 0.05) is 10.8 Å². The van der Waals surface area contributed by atoms with Crippen LogP contribution in [0.3, 0.4) is 0 Å². The first-order valence-corrected chi connectivity index (χ1v) is 5.69. The van der Waals surface area contributed by atoms with Crippen molar-refractivity contribution in [1.29, 1.82) is 0 Å². The topological polar surface area (TPSA) is 47.3 Å². The number of aldehydes is 1. The van der Waals surface area contributed by atoms with Crippen molar-refractivity contribution in [2.45, 2.75) is 0 Å². The van der Waals surface area contributed by atoms with Gasteiger partial charge in [0.25, 0.3) is 0 Å². The quantitative estimate of drug-likeness (QED) is 0.382. The predicted octanol–water partition coefficient (Wildman–Crippen LogP) is 3.41. The smallest absolute Gasteiger partial charge is 0.348 e. The highest BCUT2D eigenvalue weighted by atomic mass is 35.5. The molecular weight excluding hydrogens is 252 g/mol. The van der Waals surface area contributed by atoms with Crippen LogP contribution in [0.5, 0.6) is 0 Å². The van der Waals surface area contributed by atoms with Gasteiger partial charge in [-0.25, -0.2) is 4.79 Å². The molecule has 0 saturated heterocycles. The van der Waals surface area contributed by atoms with Crippen LogP contribution in [0.4, 0.5) is 0 Å². The molecule has 0 N–H and O–H groups in total. The summed E-state index contributed by atoms with van der Waals surface area (Å²) < 4.78 is 5.21. The van der Waals surface area contributed by atoms with Gasteiger partial charge in [-0.05, 0) is 11.5 Å². The fourth-order valence-corrected chi connectivity index (χ4v) is 2.28. The first-order chi connectivity index (χ1) is 8.72. The van der Waals surface area contributed by atoms with Gasteiger partial charge in [0.05, 0.1) is 5.02 Å². The van der Waals surface area contributed by atoms with Crippen LogP contribution in [-0.2, 0) is 0 Å². The molecule has 3 aromatic rings. The van der Waals surface area contributed by atoms with Crippen molar-refractivity contribution in [2.24, 2.45) is 0 Å². The highest BCUT2D eigenvalue weighted by molar-refractivity contribution is 6.38. The highest BCUT2D eigenvalue weighted by Crippen LogP contribution is 2.30. The van der Waals surface area contributed by atoms with E-state index in [4.69, 9.17) is 16.0 Å². The van der Waals surface area contributed by atoms with Gasteiger partial charge in [-0.15, -0.1) is 0 Å². The summed E-state index contributed by atoms with van der Waals surface area (Å²) in [6.45, 7) is 0. The molecule has 18 heavy (non-hydrogen) atoms. The zero-order chi connectivity index (χ0) is 12.7. The molecule has 4 heteroatoms. The molecule has 0 fully saturated rings. The molecule has 0 amide bonds. The molecule has 0 aliphatic heterocycles. The summed E-state index contributed by atoms with van der Waals surface area (Å²) in [6.07, 6.45) is 0.419. The van der Waals surface area contributed by atoms with Crippen molar-refractivity contribution in [2.75, 3.05) is 0 Å². The van der Waals surface area contributed by atoms with E-state index in [1.807, 2.05) is 30.3 Å². The van der Waals surface area contributed by atoms with E-state index in [1.54, 1.807) is 6.07 Å². The normalized spacial score (nSPS) is 10.9. The van der Waals surface area contributed by atoms with Crippen LogP contribution in [-0.4, -0.2) is 6.29 Å². The van der Waals surface area contributed by atoms with Crippen LogP contribution in [0.1, 0.15) is 10.4 Å². The molecular formula is C14H7ClO3. The van der Waals surface area contributed by atoms with E-state index < -0.39 is 5.63 Å². The summed E-state index contributed by atoms with van der Waals surface area (Å²) in [5, 5.41) is 2.45. The number of fused-ring (bicyclic) bond motifs is 3. The van der Waals surface area contributed by atoms with Crippen LogP contribution < -0.4 is 5.63 Å². The standard InChI is InChI=1S/C14H7ClO3/c15-12-10-6-5-8-3-1-2-4-9(8)13(10)18-14(17)11(12)7-16/h1-7H. The Morgan fingerprint density at radius 3 is 2.61 bits per heavy atom. The number of carbonyl (C=O) groups is 1. The van der Waals surface area contributed by atoms with Gasteiger partial charge in [0.1, 0.15) is 11.1 Å². The van der Waals surface area contributed by atoms with E-state index in [0.717, 1.165) is 10.8 Å². The molecule has 0 aliphatic carbocycles. The van der Waals surface area contributed by atoms with Crippen molar-refractivity contribution in [3.8, 4) is 0 Å². The molecule has 2 aromatic carbocycles. The number of rotatable bonds is 1. The molecule has 0 unspecified atom stereocenters. The van der Waals surface area contributed by atoms with E-state index >= 15 is 0 Å². The van der Waals surface area contributed by atoms with Crippen molar-refractivity contribution in [1.82, 2.24) is 0 Å². The van der Waals surface area contributed by atoms with Crippen LogP contribution in [0.25, 0.3) is 21.7 Å². The van der Waals surface area contributed by atoms with Gasteiger partial charge in [-0.2, -0.15) is 0 Å². The fraction of sp³-hybridized carbons (Fsp3) is 0. The Morgan fingerprint density at radius 2 is 1.83 bits per heavy atom. The van der Waals surface area contributed by atoms with Gasteiger partial charge in [0.15, 0.2) is 6.29 Å². The number of halogens is 1. The van der Waals surface area contributed by atoms with Crippen LogP contribution in [0.2, 0.25) is 5.02 Å². The number of hydrogen-bond acceptors (Lipinski definition) is 3. The van der Waals surface area contributed by atoms with Gasteiger partial charge in [-0.1, -0.05) is 41.9 Å². The van der Waals surface area contributed by atoms with Crippen LogP contribution in [0.15, 0.2) is 45.6 Å². The summed E-state index contributed by atoms with van der Waals surface area (Å²) in [7, 11) is 0. The Bertz CT molecular complexity index is 833. The second kappa shape index (κ2) is 3.96. The minimum atomic E-state index is -0.709. The lowest BCUT2D eigenvalue weighted by molar-refractivity contribution is 0.112. The van der Waals surface area contributed by atoms with Crippen molar-refractivity contribution in [3.05, 3.63) is 57.4 Å². The monoisotopic (exact) mass is 258 g/mol. The lowest BCUT2D eigenvalue weighted by Gasteiger charge is -2.04. The minimum absolute atomic E-state index is 0.139. The zero-order valence-corrected chi connectivity index (χ0v) is 9.90. The van der Waals surface area contributed by atoms with Gasteiger partial charge in [-0.3, -0.25) is 4.79 Å². The average molecular weight is 259 g/mol. The maximum Gasteiger partial charge on any atom is 0.348 e. The van der Waals surface area contributed by atoms with E-state index in [1.165, 1.54) is 0 Å². The van der Waals surface area contributed by atoms with Crippen molar-refractivity contribution in [3.63, 3.8) is 0 Å². The lowest BCUT2D eigenvalue weighted by atomic mass is 10.1. The van der Waals surface area contributed by atoms with Gasteiger partial charge >= 0.3 is 5.63 Å². The first kappa shape index (κ1) is 11.0. The molecule has 1 aromatic heterocycles. The van der Waals surface area contributed by atoms with E-state index in [0.29, 0.717) is 17.3 Å². The number of carbonyl (C=O) groups excluding carboxylic acids is 1. The third-order valence-electron chi connectivity index (χ3n) is 2.89. The largest absolute Gasteiger partial charge is 0.421 e. The summed E-state index contributed by atoms with van der Waals surface area (Å²) in [4.78, 5) is 22.5.